The molecule has 0 spiro atoms. The van der Waals surface area contributed by atoms with Gasteiger partial charge in [-0.15, -0.1) is 23.5 Å². The van der Waals surface area contributed by atoms with Crippen molar-refractivity contribution < 1.29 is 4.79 Å². The topological polar surface area (TPSA) is 17.1 Å². The largest absolute Gasteiger partial charge is 0.299 e. The normalized spacial score (nSPS) is 18.7. The molecule has 0 aromatic heterocycles. The van der Waals surface area contributed by atoms with Crippen LogP contribution in [0.2, 0.25) is 0 Å². The zero-order valence-electron chi connectivity index (χ0n) is 6.16. The summed E-state index contributed by atoms with van der Waals surface area (Å²) in [7, 11) is 0. The minimum Gasteiger partial charge on any atom is -0.299 e. The molecule has 0 aromatic carbocycles. The van der Waals surface area contributed by atoms with Crippen molar-refractivity contribution >= 4 is 29.8 Å². The molecule has 1 fully saturated rings. The predicted molar refractivity (Wildman–Crippen MR) is 52.8 cm³/mol. The lowest BCUT2D eigenvalue weighted by Gasteiger charge is -2.10. The number of hydrogen-bond donors (Lipinski definition) is 0. The Morgan fingerprint density at radius 2 is 1.91 bits per heavy atom. The van der Waals surface area contributed by atoms with Crippen LogP contribution in [-0.2, 0) is 4.79 Å². The number of aldehydes is 1. The van der Waals surface area contributed by atoms with Gasteiger partial charge in [0.05, 0.1) is 0 Å². The molecule has 0 unspecified atom stereocenters. The van der Waals surface area contributed by atoms with Gasteiger partial charge in [-0.1, -0.05) is 6.08 Å². The maximum Gasteiger partial charge on any atom is 0.142 e. The molecule has 1 rings (SSSR count). The van der Waals surface area contributed by atoms with Gasteiger partial charge in [0.25, 0.3) is 0 Å². The summed E-state index contributed by atoms with van der Waals surface area (Å²) < 4.78 is 1.33. The first-order chi connectivity index (χ1) is 5.43. The second kappa shape index (κ2) is 5.49. The summed E-state index contributed by atoms with van der Waals surface area (Å²) in [5.74, 6) is 2.43. The van der Waals surface area contributed by atoms with E-state index in [9.17, 15) is 4.79 Å². The minimum atomic E-state index is 0.801. The third-order valence-electron chi connectivity index (χ3n) is 1.20. The highest BCUT2D eigenvalue weighted by atomic mass is 32.2. The Morgan fingerprint density at radius 1 is 1.18 bits per heavy atom. The van der Waals surface area contributed by atoms with Crippen LogP contribution >= 0.6 is 23.5 Å². The van der Waals surface area contributed by atoms with Gasteiger partial charge in [-0.05, 0) is 30.1 Å². The molecule has 1 aliphatic heterocycles. The molecule has 1 heterocycles. The molecule has 1 saturated heterocycles. The van der Waals surface area contributed by atoms with E-state index in [0.29, 0.717) is 0 Å². The summed E-state index contributed by atoms with van der Waals surface area (Å²) in [6.07, 6.45) is 7.42. The number of carbonyl (C=O) groups excluding carboxylic acids is 1. The lowest BCUT2D eigenvalue weighted by molar-refractivity contribution is -0.104. The zero-order valence-corrected chi connectivity index (χ0v) is 7.79. The highest BCUT2D eigenvalue weighted by Crippen LogP contribution is 2.34. The second-order valence-corrected chi connectivity index (χ2v) is 4.59. The molecule has 0 aliphatic carbocycles. The quantitative estimate of drug-likeness (QED) is 0.487. The SMILES string of the molecule is O=C/C=C\C=C1SCCCS1. The maximum absolute atomic E-state index is 9.92. The molecular weight excluding hydrogens is 176 g/mol. The maximum atomic E-state index is 9.92. The average Bonchev–Trinajstić information content (AvgIpc) is 2.07. The Hall–Kier alpha value is -0.150. The molecule has 60 valence electrons. The molecule has 1 aliphatic rings. The van der Waals surface area contributed by atoms with E-state index in [1.54, 1.807) is 6.08 Å². The van der Waals surface area contributed by atoms with Crippen molar-refractivity contribution in [2.45, 2.75) is 6.42 Å². The van der Waals surface area contributed by atoms with Gasteiger partial charge in [0.1, 0.15) is 6.29 Å². The molecule has 0 saturated carbocycles. The van der Waals surface area contributed by atoms with Crippen molar-refractivity contribution in [2.75, 3.05) is 11.5 Å². The molecule has 0 amide bonds. The Labute approximate surface area is 75.3 Å². The van der Waals surface area contributed by atoms with Crippen LogP contribution in [0.4, 0.5) is 0 Å². The number of thioether (sulfide) groups is 2. The van der Waals surface area contributed by atoms with E-state index in [1.807, 2.05) is 29.6 Å². The average molecular weight is 186 g/mol. The fourth-order valence-corrected chi connectivity index (χ4v) is 3.07. The van der Waals surface area contributed by atoms with E-state index in [1.165, 1.54) is 28.2 Å². The molecule has 0 radical (unpaired) electrons. The highest BCUT2D eigenvalue weighted by Gasteiger charge is 2.03. The summed E-state index contributed by atoms with van der Waals surface area (Å²) in [4.78, 5) is 9.92. The predicted octanol–water partition coefficient (Wildman–Crippen LogP) is 2.45. The van der Waals surface area contributed by atoms with Crippen LogP contribution in [0.3, 0.4) is 0 Å². The van der Waals surface area contributed by atoms with Crippen LogP contribution in [0.25, 0.3) is 0 Å². The zero-order chi connectivity index (χ0) is 7.94. The third-order valence-corrected chi connectivity index (χ3v) is 3.73. The standard InChI is InChI=1S/C8H10OS2/c9-5-2-1-4-8-10-6-3-7-11-8/h1-2,4-5H,3,6-7H2/b2-1-. The van der Waals surface area contributed by atoms with Gasteiger partial charge in [-0.3, -0.25) is 4.79 Å². The Kier molecular flexibility index (Phi) is 4.47. The fraction of sp³-hybridized carbons (Fsp3) is 0.375. The van der Waals surface area contributed by atoms with Crippen molar-refractivity contribution in [3.63, 3.8) is 0 Å². The smallest absolute Gasteiger partial charge is 0.142 e. The van der Waals surface area contributed by atoms with Gasteiger partial charge in [0, 0.05) is 4.24 Å². The van der Waals surface area contributed by atoms with Crippen molar-refractivity contribution in [3.8, 4) is 0 Å². The molecule has 1 nitrogen and oxygen atoms in total. The van der Waals surface area contributed by atoms with Crippen molar-refractivity contribution in [1.82, 2.24) is 0 Å². The van der Waals surface area contributed by atoms with Crippen LogP contribution in [0.15, 0.2) is 22.5 Å². The van der Waals surface area contributed by atoms with E-state index >= 15 is 0 Å². The first-order valence-electron chi connectivity index (χ1n) is 3.51. The van der Waals surface area contributed by atoms with Crippen LogP contribution in [0, 0.1) is 0 Å². The highest BCUT2D eigenvalue weighted by molar-refractivity contribution is 8.22. The van der Waals surface area contributed by atoms with Gasteiger partial charge >= 0.3 is 0 Å². The lowest BCUT2D eigenvalue weighted by atomic mass is 10.5. The van der Waals surface area contributed by atoms with Crippen LogP contribution < -0.4 is 0 Å². The van der Waals surface area contributed by atoms with Crippen molar-refractivity contribution in [2.24, 2.45) is 0 Å². The first kappa shape index (κ1) is 8.94. The van der Waals surface area contributed by atoms with Crippen LogP contribution in [0.1, 0.15) is 6.42 Å². The number of rotatable bonds is 2. The van der Waals surface area contributed by atoms with Crippen molar-refractivity contribution in [1.29, 1.82) is 0 Å². The monoisotopic (exact) mass is 186 g/mol. The molecule has 0 N–H and O–H groups in total. The molecule has 0 bridgehead atoms. The molecular formula is C8H10OS2. The van der Waals surface area contributed by atoms with Gasteiger partial charge in [-0.2, -0.15) is 0 Å². The van der Waals surface area contributed by atoms with Gasteiger partial charge in [0.2, 0.25) is 0 Å². The van der Waals surface area contributed by atoms with Crippen LogP contribution in [-0.4, -0.2) is 17.8 Å². The molecule has 3 heteroatoms. The van der Waals surface area contributed by atoms with Gasteiger partial charge < -0.3 is 0 Å². The molecule has 11 heavy (non-hydrogen) atoms. The fourth-order valence-electron chi connectivity index (χ4n) is 0.722. The molecule has 0 atom stereocenters. The van der Waals surface area contributed by atoms with Crippen LogP contribution in [0.5, 0.6) is 0 Å². The number of allylic oxidation sites excluding steroid dienone is 3. The van der Waals surface area contributed by atoms with Gasteiger partial charge in [0.15, 0.2) is 0 Å². The van der Waals surface area contributed by atoms with E-state index in [-0.39, 0.29) is 0 Å². The van der Waals surface area contributed by atoms with E-state index in [2.05, 4.69) is 0 Å². The number of hydrogen-bond acceptors (Lipinski definition) is 3. The van der Waals surface area contributed by atoms with Crippen molar-refractivity contribution in [3.05, 3.63) is 22.5 Å². The summed E-state index contributed by atoms with van der Waals surface area (Å²) in [5, 5.41) is 0. The lowest BCUT2D eigenvalue weighted by Crippen LogP contribution is -1.90. The van der Waals surface area contributed by atoms with E-state index < -0.39 is 0 Å². The van der Waals surface area contributed by atoms with E-state index in [0.717, 1.165) is 6.29 Å². The Bertz CT molecular complexity index is 177. The summed E-state index contributed by atoms with van der Waals surface area (Å²) in [5.41, 5.74) is 0. The minimum absolute atomic E-state index is 0.801. The Balaban J connectivity index is 2.37. The summed E-state index contributed by atoms with van der Waals surface area (Å²) in [6, 6.07) is 0. The third kappa shape index (κ3) is 3.68. The van der Waals surface area contributed by atoms with E-state index in [4.69, 9.17) is 0 Å². The number of carbonyl (C=O) groups is 1. The second-order valence-electron chi connectivity index (χ2n) is 2.06. The molecule has 0 aromatic rings. The van der Waals surface area contributed by atoms with Gasteiger partial charge in [-0.25, -0.2) is 0 Å². The summed E-state index contributed by atoms with van der Waals surface area (Å²) >= 11 is 3.74. The Morgan fingerprint density at radius 3 is 2.55 bits per heavy atom. The first-order valence-corrected chi connectivity index (χ1v) is 5.48. The summed E-state index contributed by atoms with van der Waals surface area (Å²) in [6.45, 7) is 0.